The van der Waals surface area contributed by atoms with Gasteiger partial charge in [0.05, 0.1) is 11.5 Å². The molecule has 0 aliphatic carbocycles. The minimum absolute atomic E-state index is 0.226. The molecular formula is C15H30N2O2S. The van der Waals surface area contributed by atoms with Crippen molar-refractivity contribution in [2.75, 3.05) is 24.6 Å². The van der Waals surface area contributed by atoms with Crippen LogP contribution in [0.2, 0.25) is 0 Å². The van der Waals surface area contributed by atoms with Crippen molar-refractivity contribution in [3.8, 4) is 0 Å². The first kappa shape index (κ1) is 16.2. The van der Waals surface area contributed by atoms with E-state index in [2.05, 4.69) is 37.9 Å². The average Bonchev–Trinajstić information content (AvgIpc) is 2.36. The molecule has 4 nitrogen and oxygen atoms in total. The van der Waals surface area contributed by atoms with Gasteiger partial charge in [0.1, 0.15) is 0 Å². The lowest BCUT2D eigenvalue weighted by Crippen LogP contribution is -2.63. The zero-order valence-electron chi connectivity index (χ0n) is 13.3. The quantitative estimate of drug-likeness (QED) is 0.859. The lowest BCUT2D eigenvalue weighted by Gasteiger charge is -2.48. The van der Waals surface area contributed by atoms with Crippen LogP contribution in [-0.4, -0.2) is 56.0 Å². The van der Waals surface area contributed by atoms with Crippen LogP contribution in [0.4, 0.5) is 0 Å². The van der Waals surface area contributed by atoms with Crippen molar-refractivity contribution in [3.63, 3.8) is 0 Å². The van der Waals surface area contributed by atoms with E-state index in [0.29, 0.717) is 35.4 Å². The van der Waals surface area contributed by atoms with E-state index >= 15 is 0 Å². The molecule has 0 aromatic rings. The SMILES string of the molecule is CC(C)C1CN(C2CCCS(=O)(=O)C2)C(C(C)C)CN1. The third-order valence-corrected chi connectivity index (χ3v) is 6.71. The molecule has 5 heteroatoms. The van der Waals surface area contributed by atoms with Gasteiger partial charge in [0.2, 0.25) is 0 Å². The van der Waals surface area contributed by atoms with Gasteiger partial charge in [-0.3, -0.25) is 4.90 Å². The van der Waals surface area contributed by atoms with Crippen molar-refractivity contribution in [1.82, 2.24) is 10.2 Å². The van der Waals surface area contributed by atoms with Gasteiger partial charge in [0, 0.05) is 31.2 Å². The van der Waals surface area contributed by atoms with Crippen molar-refractivity contribution >= 4 is 9.84 Å². The van der Waals surface area contributed by atoms with Crippen molar-refractivity contribution < 1.29 is 8.42 Å². The van der Waals surface area contributed by atoms with Crippen molar-refractivity contribution in [2.24, 2.45) is 11.8 Å². The fraction of sp³-hybridized carbons (Fsp3) is 1.00. The average molecular weight is 302 g/mol. The predicted octanol–water partition coefficient (Wildman–Crippen LogP) is 1.52. The largest absolute Gasteiger partial charge is 0.311 e. The van der Waals surface area contributed by atoms with Gasteiger partial charge in [-0.15, -0.1) is 0 Å². The number of hydrogen-bond acceptors (Lipinski definition) is 4. The lowest BCUT2D eigenvalue weighted by atomic mass is 9.92. The summed E-state index contributed by atoms with van der Waals surface area (Å²) in [5.74, 6) is 1.89. The molecule has 2 heterocycles. The molecule has 1 N–H and O–H groups in total. The summed E-state index contributed by atoms with van der Waals surface area (Å²) in [5.41, 5.74) is 0. The zero-order chi connectivity index (χ0) is 14.9. The molecule has 3 atom stereocenters. The number of nitrogens with zero attached hydrogens (tertiary/aromatic N) is 1. The Kier molecular flexibility index (Phi) is 5.14. The zero-order valence-corrected chi connectivity index (χ0v) is 14.1. The maximum absolute atomic E-state index is 12.0. The first-order chi connectivity index (χ1) is 9.30. The van der Waals surface area contributed by atoms with E-state index in [0.717, 1.165) is 25.9 Å². The molecule has 2 aliphatic rings. The van der Waals surface area contributed by atoms with Gasteiger partial charge in [0.15, 0.2) is 9.84 Å². The fourth-order valence-electron chi connectivity index (χ4n) is 3.56. The maximum Gasteiger partial charge on any atom is 0.151 e. The molecule has 0 saturated carbocycles. The summed E-state index contributed by atoms with van der Waals surface area (Å²) in [5, 5.41) is 3.65. The molecule has 0 bridgehead atoms. The topological polar surface area (TPSA) is 49.4 Å². The van der Waals surface area contributed by atoms with E-state index in [9.17, 15) is 8.42 Å². The highest BCUT2D eigenvalue weighted by Crippen LogP contribution is 2.26. The molecule has 3 unspecified atom stereocenters. The van der Waals surface area contributed by atoms with E-state index in [4.69, 9.17) is 0 Å². The van der Waals surface area contributed by atoms with Crippen LogP contribution >= 0.6 is 0 Å². The molecule has 20 heavy (non-hydrogen) atoms. The first-order valence-corrected chi connectivity index (χ1v) is 9.82. The standard InChI is InChI=1S/C15H30N2O2S/c1-11(2)14-9-17(15(8-16-14)12(3)4)13-6-5-7-20(18,19)10-13/h11-16H,5-10H2,1-4H3. The summed E-state index contributed by atoms with van der Waals surface area (Å²) in [4.78, 5) is 2.50. The summed E-state index contributed by atoms with van der Waals surface area (Å²) in [6.45, 7) is 10.9. The highest BCUT2D eigenvalue weighted by atomic mass is 32.2. The minimum atomic E-state index is -2.83. The first-order valence-electron chi connectivity index (χ1n) is 7.99. The lowest BCUT2D eigenvalue weighted by molar-refractivity contribution is 0.0482. The summed E-state index contributed by atoms with van der Waals surface area (Å²) in [7, 11) is -2.83. The summed E-state index contributed by atoms with van der Waals surface area (Å²) >= 11 is 0. The maximum atomic E-state index is 12.0. The molecule has 118 valence electrons. The van der Waals surface area contributed by atoms with Crippen LogP contribution in [0.3, 0.4) is 0 Å². The Morgan fingerprint density at radius 3 is 2.40 bits per heavy atom. The number of rotatable bonds is 3. The van der Waals surface area contributed by atoms with Crippen LogP contribution in [0.1, 0.15) is 40.5 Å². The van der Waals surface area contributed by atoms with Crippen LogP contribution in [-0.2, 0) is 9.84 Å². The van der Waals surface area contributed by atoms with Gasteiger partial charge < -0.3 is 5.32 Å². The van der Waals surface area contributed by atoms with E-state index < -0.39 is 9.84 Å². The normalized spacial score (nSPS) is 35.6. The molecule has 0 amide bonds. The van der Waals surface area contributed by atoms with Crippen LogP contribution in [0, 0.1) is 11.8 Å². The fourth-order valence-corrected chi connectivity index (χ4v) is 5.28. The van der Waals surface area contributed by atoms with Crippen molar-refractivity contribution in [2.45, 2.75) is 58.7 Å². The van der Waals surface area contributed by atoms with Gasteiger partial charge in [-0.1, -0.05) is 27.7 Å². The molecule has 0 aromatic carbocycles. The molecule has 2 aliphatic heterocycles. The second kappa shape index (κ2) is 6.32. The highest BCUT2D eigenvalue weighted by Gasteiger charge is 2.38. The van der Waals surface area contributed by atoms with Crippen LogP contribution in [0.25, 0.3) is 0 Å². The number of hydrogen-bond donors (Lipinski definition) is 1. The van der Waals surface area contributed by atoms with Crippen molar-refractivity contribution in [1.29, 1.82) is 0 Å². The molecule has 0 spiro atoms. The van der Waals surface area contributed by atoms with Crippen molar-refractivity contribution in [3.05, 3.63) is 0 Å². The Morgan fingerprint density at radius 1 is 1.15 bits per heavy atom. The van der Waals surface area contributed by atoms with Crippen LogP contribution in [0.15, 0.2) is 0 Å². The Bertz CT molecular complexity index is 420. The van der Waals surface area contributed by atoms with E-state index in [1.54, 1.807) is 0 Å². The second-order valence-electron chi connectivity index (χ2n) is 7.18. The Labute approximate surface area is 124 Å². The molecular weight excluding hydrogens is 272 g/mol. The van der Waals surface area contributed by atoms with E-state index in [-0.39, 0.29) is 6.04 Å². The summed E-state index contributed by atoms with van der Waals surface area (Å²) in [6.07, 6.45) is 1.86. The molecule has 2 fully saturated rings. The van der Waals surface area contributed by atoms with Gasteiger partial charge in [0.25, 0.3) is 0 Å². The monoisotopic (exact) mass is 302 g/mol. The van der Waals surface area contributed by atoms with Gasteiger partial charge >= 0.3 is 0 Å². The Balaban J connectivity index is 2.14. The third kappa shape index (κ3) is 3.74. The molecule has 2 saturated heterocycles. The molecule has 2 rings (SSSR count). The van der Waals surface area contributed by atoms with Gasteiger partial charge in [-0.25, -0.2) is 8.42 Å². The number of nitrogens with one attached hydrogen (secondary N) is 1. The van der Waals surface area contributed by atoms with Crippen LogP contribution in [0.5, 0.6) is 0 Å². The summed E-state index contributed by atoms with van der Waals surface area (Å²) in [6, 6.07) is 1.17. The van der Waals surface area contributed by atoms with Gasteiger partial charge in [-0.05, 0) is 24.7 Å². The number of piperazine rings is 1. The predicted molar refractivity (Wildman–Crippen MR) is 83.6 cm³/mol. The second-order valence-corrected chi connectivity index (χ2v) is 9.41. The van der Waals surface area contributed by atoms with Crippen LogP contribution < -0.4 is 5.32 Å². The minimum Gasteiger partial charge on any atom is -0.311 e. The summed E-state index contributed by atoms with van der Waals surface area (Å²) < 4.78 is 23.9. The molecule has 0 radical (unpaired) electrons. The van der Waals surface area contributed by atoms with E-state index in [1.165, 1.54) is 0 Å². The smallest absolute Gasteiger partial charge is 0.151 e. The Hall–Kier alpha value is -0.130. The Morgan fingerprint density at radius 2 is 1.85 bits per heavy atom. The van der Waals surface area contributed by atoms with E-state index in [1.807, 2.05) is 0 Å². The third-order valence-electron chi connectivity index (χ3n) is 4.90. The molecule has 0 aromatic heterocycles. The highest BCUT2D eigenvalue weighted by molar-refractivity contribution is 7.91. The number of sulfone groups is 1. The van der Waals surface area contributed by atoms with Gasteiger partial charge in [-0.2, -0.15) is 0 Å².